The Bertz CT molecular complexity index is 394. The molecule has 1 aliphatic rings. The van der Waals surface area contributed by atoms with Crippen molar-refractivity contribution in [3.8, 4) is 0 Å². The van der Waals surface area contributed by atoms with Crippen LogP contribution in [0.5, 0.6) is 0 Å². The van der Waals surface area contributed by atoms with Gasteiger partial charge in [-0.2, -0.15) is 0 Å². The second-order valence-corrected chi connectivity index (χ2v) is 4.90. The summed E-state index contributed by atoms with van der Waals surface area (Å²) in [6.07, 6.45) is 0.590. The number of likely N-dealkylation sites (tertiary alicyclic amines) is 1. The number of aliphatic hydroxyl groups excluding tert-OH is 1. The number of ether oxygens (including phenoxy) is 1. The Morgan fingerprint density at radius 2 is 2.59 bits per heavy atom. The van der Waals surface area contributed by atoms with E-state index in [0.29, 0.717) is 24.7 Å². The van der Waals surface area contributed by atoms with Crippen molar-refractivity contribution in [2.75, 3.05) is 19.7 Å². The number of nitrogens with zero attached hydrogens (tertiary/aromatic N) is 2. The summed E-state index contributed by atoms with van der Waals surface area (Å²) in [6, 6.07) is 0. The van der Waals surface area contributed by atoms with Gasteiger partial charge in [0.2, 0.25) is 5.01 Å². The molecule has 0 spiro atoms. The van der Waals surface area contributed by atoms with Gasteiger partial charge in [0.05, 0.1) is 18.4 Å². The van der Waals surface area contributed by atoms with Crippen LogP contribution in [0.2, 0.25) is 0 Å². The van der Waals surface area contributed by atoms with E-state index in [0.717, 1.165) is 18.7 Å². The Labute approximate surface area is 104 Å². The molecule has 0 bridgehead atoms. The standard InChI is InChI=1S/C11H16N2O3S/c1-2-16-11(15)10-12-8(7-17-10)5-13-4-3-9(14)6-13/h7,9,14H,2-6H2,1H3/t9-/m1/s1. The molecule has 17 heavy (non-hydrogen) atoms. The van der Waals surface area contributed by atoms with Crippen LogP contribution < -0.4 is 0 Å². The number of carbonyl (C=O) groups is 1. The third-order valence-electron chi connectivity index (χ3n) is 2.63. The van der Waals surface area contributed by atoms with Crippen molar-refractivity contribution in [1.29, 1.82) is 0 Å². The minimum absolute atomic E-state index is 0.224. The molecule has 6 heteroatoms. The maximum absolute atomic E-state index is 11.4. The van der Waals surface area contributed by atoms with Gasteiger partial charge in [-0.15, -0.1) is 11.3 Å². The van der Waals surface area contributed by atoms with Crippen LogP contribution in [0.25, 0.3) is 0 Å². The first-order valence-corrected chi connectivity index (χ1v) is 6.59. The van der Waals surface area contributed by atoms with E-state index in [1.807, 2.05) is 5.38 Å². The SMILES string of the molecule is CCOC(=O)c1nc(CN2CC[C@@H](O)C2)cs1. The molecule has 1 fully saturated rings. The van der Waals surface area contributed by atoms with Gasteiger partial charge >= 0.3 is 5.97 Å². The number of hydrogen-bond acceptors (Lipinski definition) is 6. The van der Waals surface area contributed by atoms with Gasteiger partial charge in [-0.1, -0.05) is 0 Å². The predicted molar refractivity (Wildman–Crippen MR) is 64.0 cm³/mol. The van der Waals surface area contributed by atoms with E-state index in [1.54, 1.807) is 6.92 Å². The first-order valence-electron chi connectivity index (χ1n) is 5.71. The molecule has 0 saturated carbocycles. The zero-order valence-electron chi connectivity index (χ0n) is 9.76. The monoisotopic (exact) mass is 256 g/mol. The largest absolute Gasteiger partial charge is 0.461 e. The number of rotatable bonds is 4. The van der Waals surface area contributed by atoms with Gasteiger partial charge in [-0.25, -0.2) is 9.78 Å². The van der Waals surface area contributed by atoms with Crippen molar-refractivity contribution in [3.63, 3.8) is 0 Å². The first kappa shape index (κ1) is 12.5. The fourth-order valence-electron chi connectivity index (χ4n) is 1.85. The van der Waals surface area contributed by atoms with E-state index in [4.69, 9.17) is 4.74 Å². The lowest BCUT2D eigenvalue weighted by molar-refractivity contribution is 0.0525. The summed E-state index contributed by atoms with van der Waals surface area (Å²) < 4.78 is 4.88. The zero-order chi connectivity index (χ0) is 12.3. The molecule has 0 aromatic carbocycles. The van der Waals surface area contributed by atoms with Crippen LogP contribution in [0.4, 0.5) is 0 Å². The molecule has 5 nitrogen and oxygen atoms in total. The van der Waals surface area contributed by atoms with Crippen molar-refractivity contribution in [2.45, 2.75) is 26.0 Å². The summed E-state index contributed by atoms with van der Waals surface area (Å²) in [4.78, 5) is 17.8. The van der Waals surface area contributed by atoms with Crippen molar-refractivity contribution in [2.24, 2.45) is 0 Å². The number of β-amino-alcohol motifs (C(OH)–C–C–N with tert-alkyl or cyclic N) is 1. The maximum Gasteiger partial charge on any atom is 0.367 e. The molecule has 2 rings (SSSR count). The van der Waals surface area contributed by atoms with E-state index in [-0.39, 0.29) is 12.1 Å². The van der Waals surface area contributed by atoms with E-state index in [9.17, 15) is 9.90 Å². The Kier molecular flexibility index (Phi) is 4.09. The summed E-state index contributed by atoms with van der Waals surface area (Å²) in [7, 11) is 0. The Hall–Kier alpha value is -0.980. The first-order chi connectivity index (χ1) is 8.19. The molecule has 0 unspecified atom stereocenters. The van der Waals surface area contributed by atoms with E-state index in [1.165, 1.54) is 11.3 Å². The second kappa shape index (κ2) is 5.57. The molecule has 2 heterocycles. The van der Waals surface area contributed by atoms with Crippen molar-refractivity contribution in [1.82, 2.24) is 9.88 Å². The second-order valence-electron chi connectivity index (χ2n) is 4.04. The van der Waals surface area contributed by atoms with Crippen LogP contribution in [0, 0.1) is 0 Å². The molecule has 1 saturated heterocycles. The lowest BCUT2D eigenvalue weighted by Gasteiger charge is -2.12. The highest BCUT2D eigenvalue weighted by Gasteiger charge is 2.21. The summed E-state index contributed by atoms with van der Waals surface area (Å²) in [5, 5.41) is 11.7. The zero-order valence-corrected chi connectivity index (χ0v) is 10.6. The highest BCUT2D eigenvalue weighted by Crippen LogP contribution is 2.16. The highest BCUT2D eigenvalue weighted by atomic mass is 32.1. The number of hydrogen-bond donors (Lipinski definition) is 1. The summed E-state index contributed by atoms with van der Waals surface area (Å²) in [6.45, 7) is 4.40. The molecule has 1 aliphatic heterocycles. The minimum atomic E-state index is -0.356. The number of thiazole rings is 1. The average molecular weight is 256 g/mol. The van der Waals surface area contributed by atoms with Crippen LogP contribution >= 0.6 is 11.3 Å². The van der Waals surface area contributed by atoms with Gasteiger partial charge in [-0.3, -0.25) is 4.90 Å². The minimum Gasteiger partial charge on any atom is -0.461 e. The van der Waals surface area contributed by atoms with Crippen molar-refractivity contribution >= 4 is 17.3 Å². The van der Waals surface area contributed by atoms with E-state index < -0.39 is 0 Å². The Morgan fingerprint density at radius 1 is 1.76 bits per heavy atom. The molecule has 1 N–H and O–H groups in total. The van der Waals surface area contributed by atoms with E-state index in [2.05, 4.69) is 9.88 Å². The molecule has 0 radical (unpaired) electrons. The van der Waals surface area contributed by atoms with Gasteiger partial charge in [0.15, 0.2) is 0 Å². The fraction of sp³-hybridized carbons (Fsp3) is 0.636. The number of carbonyl (C=O) groups excluding carboxylic acids is 1. The van der Waals surface area contributed by atoms with Gasteiger partial charge in [-0.05, 0) is 13.3 Å². The molecular formula is C11H16N2O3S. The smallest absolute Gasteiger partial charge is 0.367 e. The quantitative estimate of drug-likeness (QED) is 0.810. The highest BCUT2D eigenvalue weighted by molar-refractivity contribution is 7.11. The summed E-state index contributed by atoms with van der Waals surface area (Å²) >= 11 is 1.31. The van der Waals surface area contributed by atoms with Crippen LogP contribution in [-0.4, -0.2) is 46.8 Å². The topological polar surface area (TPSA) is 62.7 Å². The molecule has 1 atom stereocenters. The molecule has 0 amide bonds. The Morgan fingerprint density at radius 3 is 3.24 bits per heavy atom. The van der Waals surface area contributed by atoms with Crippen LogP contribution in [-0.2, 0) is 11.3 Å². The normalized spacial score (nSPS) is 20.7. The van der Waals surface area contributed by atoms with Crippen molar-refractivity contribution in [3.05, 3.63) is 16.1 Å². The summed E-state index contributed by atoms with van der Waals surface area (Å²) in [5.74, 6) is -0.356. The number of aliphatic hydroxyl groups is 1. The van der Waals surface area contributed by atoms with Crippen LogP contribution in [0.1, 0.15) is 28.8 Å². The number of aromatic nitrogens is 1. The molecular weight excluding hydrogens is 240 g/mol. The van der Waals surface area contributed by atoms with Gasteiger partial charge in [0.25, 0.3) is 0 Å². The van der Waals surface area contributed by atoms with Gasteiger partial charge in [0.1, 0.15) is 0 Å². The summed E-state index contributed by atoms with van der Waals surface area (Å²) in [5.41, 5.74) is 0.868. The molecule has 1 aromatic rings. The van der Waals surface area contributed by atoms with Crippen LogP contribution in [0.3, 0.4) is 0 Å². The third kappa shape index (κ3) is 3.24. The number of esters is 1. The molecule has 94 valence electrons. The predicted octanol–water partition coefficient (Wildman–Crippen LogP) is 0.886. The third-order valence-corrected chi connectivity index (χ3v) is 3.51. The lowest BCUT2D eigenvalue weighted by atomic mass is 10.3. The Balaban J connectivity index is 1.92. The van der Waals surface area contributed by atoms with Gasteiger partial charge < -0.3 is 9.84 Å². The molecule has 0 aliphatic carbocycles. The maximum atomic E-state index is 11.4. The fourth-order valence-corrected chi connectivity index (χ4v) is 2.55. The lowest BCUT2D eigenvalue weighted by Crippen LogP contribution is -2.21. The van der Waals surface area contributed by atoms with E-state index >= 15 is 0 Å². The molecule has 1 aromatic heterocycles. The van der Waals surface area contributed by atoms with Crippen LogP contribution in [0.15, 0.2) is 5.38 Å². The van der Waals surface area contributed by atoms with Gasteiger partial charge in [0, 0.05) is 25.0 Å². The average Bonchev–Trinajstić information content (AvgIpc) is 2.89. The van der Waals surface area contributed by atoms with Crippen molar-refractivity contribution < 1.29 is 14.6 Å².